The Bertz CT molecular complexity index is 486. The molecule has 0 aromatic heterocycles. The Morgan fingerprint density at radius 2 is 1.76 bits per heavy atom. The highest BCUT2D eigenvalue weighted by atomic mass is 32.2. The van der Waals surface area contributed by atoms with Gasteiger partial charge in [0.05, 0.1) is 5.69 Å². The lowest BCUT2D eigenvalue weighted by molar-refractivity contribution is -0.136. The van der Waals surface area contributed by atoms with Crippen LogP contribution in [0.5, 0.6) is 0 Å². The van der Waals surface area contributed by atoms with Crippen LogP contribution in [-0.2, 0) is 9.59 Å². The number of hydrogen-bond donors (Lipinski definition) is 2. The third-order valence-corrected chi connectivity index (χ3v) is 4.85. The number of carbonyl (C=O) groups excluding carboxylic acids is 1. The molecule has 116 valence electrons. The van der Waals surface area contributed by atoms with Crippen LogP contribution in [0.4, 0.5) is 5.69 Å². The van der Waals surface area contributed by atoms with Crippen molar-refractivity contribution in [2.45, 2.75) is 50.2 Å². The maximum Gasteiger partial charge on any atom is 0.316 e. The van der Waals surface area contributed by atoms with E-state index in [2.05, 4.69) is 5.32 Å². The monoisotopic (exact) mass is 309 g/mol. The zero-order chi connectivity index (χ0) is 15.8. The second kappa shape index (κ2) is 8.72. The third-order valence-electron chi connectivity index (χ3n) is 3.42. The van der Waals surface area contributed by atoms with Crippen LogP contribution >= 0.6 is 11.8 Å². The van der Waals surface area contributed by atoms with Crippen molar-refractivity contribution in [3.8, 4) is 0 Å². The van der Waals surface area contributed by atoms with Crippen LogP contribution in [-0.4, -0.2) is 22.2 Å². The number of anilines is 1. The Kier molecular flexibility index (Phi) is 7.29. The van der Waals surface area contributed by atoms with E-state index in [9.17, 15) is 9.59 Å². The van der Waals surface area contributed by atoms with E-state index in [-0.39, 0.29) is 11.8 Å². The van der Waals surface area contributed by atoms with Crippen LogP contribution in [0.3, 0.4) is 0 Å². The molecular weight excluding hydrogens is 286 g/mol. The first kappa shape index (κ1) is 17.6. The number of para-hydroxylation sites is 1. The second-order valence-corrected chi connectivity index (χ2v) is 6.10. The second-order valence-electron chi connectivity index (χ2n) is 4.85. The molecule has 1 atom stereocenters. The van der Waals surface area contributed by atoms with Crippen LogP contribution < -0.4 is 5.32 Å². The van der Waals surface area contributed by atoms with Gasteiger partial charge in [0.1, 0.15) is 5.25 Å². The lowest BCUT2D eigenvalue weighted by Crippen LogP contribution is -2.22. The molecule has 0 saturated heterocycles. The standard InChI is InChI=1S/C16H23NO3S/c1-4-11(5-2)15(18)17-12-9-7-8-10-14(12)21-13(6-3)16(19)20/h7-11,13H,4-6H2,1-3H3,(H,17,18)(H,19,20). The summed E-state index contributed by atoms with van der Waals surface area (Å²) in [7, 11) is 0. The van der Waals surface area contributed by atoms with Gasteiger partial charge in [-0.25, -0.2) is 0 Å². The number of amides is 1. The number of hydrogen-bond acceptors (Lipinski definition) is 3. The zero-order valence-electron chi connectivity index (χ0n) is 12.8. The molecule has 0 saturated carbocycles. The van der Waals surface area contributed by atoms with Gasteiger partial charge in [0.2, 0.25) is 5.91 Å². The highest BCUT2D eigenvalue weighted by Crippen LogP contribution is 2.32. The summed E-state index contributed by atoms with van der Waals surface area (Å²) in [5, 5.41) is 11.6. The van der Waals surface area contributed by atoms with Crippen LogP contribution in [0.2, 0.25) is 0 Å². The molecule has 0 heterocycles. The maximum absolute atomic E-state index is 12.2. The van der Waals surface area contributed by atoms with Crippen molar-refractivity contribution in [1.29, 1.82) is 0 Å². The predicted molar refractivity (Wildman–Crippen MR) is 86.7 cm³/mol. The fourth-order valence-corrected chi connectivity index (χ4v) is 3.01. The molecule has 0 aliphatic carbocycles. The average molecular weight is 309 g/mol. The van der Waals surface area contributed by atoms with Crippen molar-refractivity contribution in [2.75, 3.05) is 5.32 Å². The Balaban J connectivity index is 2.89. The molecule has 0 spiro atoms. The van der Waals surface area contributed by atoms with Crippen molar-refractivity contribution in [3.63, 3.8) is 0 Å². The van der Waals surface area contributed by atoms with E-state index >= 15 is 0 Å². The van der Waals surface area contributed by atoms with Gasteiger partial charge in [0.15, 0.2) is 0 Å². The molecule has 0 fully saturated rings. The summed E-state index contributed by atoms with van der Waals surface area (Å²) in [6.45, 7) is 5.83. The third kappa shape index (κ3) is 5.08. The van der Waals surface area contributed by atoms with Crippen LogP contribution in [0.1, 0.15) is 40.0 Å². The summed E-state index contributed by atoms with van der Waals surface area (Å²) >= 11 is 1.28. The van der Waals surface area contributed by atoms with E-state index in [1.54, 1.807) is 0 Å². The Labute approximate surface area is 130 Å². The van der Waals surface area contributed by atoms with E-state index in [0.29, 0.717) is 12.1 Å². The smallest absolute Gasteiger partial charge is 0.316 e. The fraction of sp³-hybridized carbons (Fsp3) is 0.500. The molecule has 0 radical (unpaired) electrons. The molecule has 4 nitrogen and oxygen atoms in total. The highest BCUT2D eigenvalue weighted by molar-refractivity contribution is 8.00. The minimum atomic E-state index is -0.830. The van der Waals surface area contributed by atoms with Crippen molar-refractivity contribution < 1.29 is 14.7 Å². The Morgan fingerprint density at radius 3 is 2.29 bits per heavy atom. The lowest BCUT2D eigenvalue weighted by atomic mass is 10.0. The molecule has 1 amide bonds. The van der Waals surface area contributed by atoms with E-state index in [1.807, 2.05) is 45.0 Å². The summed E-state index contributed by atoms with van der Waals surface area (Å²) in [5.41, 5.74) is 0.694. The van der Waals surface area contributed by atoms with Gasteiger partial charge < -0.3 is 10.4 Å². The van der Waals surface area contributed by atoms with Gasteiger partial charge in [-0.15, -0.1) is 11.8 Å². The van der Waals surface area contributed by atoms with Gasteiger partial charge in [0, 0.05) is 10.8 Å². The summed E-state index contributed by atoms with van der Waals surface area (Å²) in [4.78, 5) is 24.1. The van der Waals surface area contributed by atoms with Gasteiger partial charge in [-0.05, 0) is 31.4 Å². The Morgan fingerprint density at radius 1 is 1.14 bits per heavy atom. The van der Waals surface area contributed by atoms with Gasteiger partial charge >= 0.3 is 5.97 Å². The molecule has 2 N–H and O–H groups in total. The van der Waals surface area contributed by atoms with Gasteiger partial charge in [-0.3, -0.25) is 9.59 Å². The van der Waals surface area contributed by atoms with Crippen LogP contribution in [0.15, 0.2) is 29.2 Å². The maximum atomic E-state index is 12.2. The molecule has 0 bridgehead atoms. The molecule has 0 aliphatic rings. The number of benzene rings is 1. The summed E-state index contributed by atoms with van der Waals surface area (Å²) < 4.78 is 0. The van der Waals surface area contributed by atoms with Crippen molar-refractivity contribution in [2.24, 2.45) is 5.92 Å². The number of carboxylic acids is 1. The molecular formula is C16H23NO3S. The number of carbonyl (C=O) groups is 2. The van der Waals surface area contributed by atoms with Crippen LogP contribution in [0.25, 0.3) is 0 Å². The number of thioether (sulfide) groups is 1. The van der Waals surface area contributed by atoms with Crippen molar-refractivity contribution in [3.05, 3.63) is 24.3 Å². The number of aliphatic carboxylic acids is 1. The first-order chi connectivity index (χ1) is 10.0. The molecule has 0 aliphatic heterocycles. The molecule has 1 aromatic rings. The molecule has 1 aromatic carbocycles. The van der Waals surface area contributed by atoms with Gasteiger partial charge in [-0.1, -0.05) is 32.9 Å². The number of nitrogens with one attached hydrogen (secondary N) is 1. The largest absolute Gasteiger partial charge is 0.480 e. The SMILES string of the molecule is CCC(CC)C(=O)Nc1ccccc1SC(CC)C(=O)O. The topological polar surface area (TPSA) is 66.4 Å². The van der Waals surface area contributed by atoms with Crippen molar-refractivity contribution in [1.82, 2.24) is 0 Å². The molecule has 1 rings (SSSR count). The van der Waals surface area contributed by atoms with Crippen LogP contribution in [0, 0.1) is 5.92 Å². The van der Waals surface area contributed by atoms with E-state index in [4.69, 9.17) is 5.11 Å². The number of rotatable bonds is 8. The Hall–Kier alpha value is -1.49. The summed E-state index contributed by atoms with van der Waals surface area (Å²) in [6.07, 6.45) is 2.13. The minimum absolute atomic E-state index is 0.00331. The molecule has 21 heavy (non-hydrogen) atoms. The lowest BCUT2D eigenvalue weighted by Gasteiger charge is -2.17. The number of carboxylic acid groups (broad SMARTS) is 1. The zero-order valence-corrected chi connectivity index (χ0v) is 13.6. The summed E-state index contributed by atoms with van der Waals surface area (Å²) in [6, 6.07) is 7.36. The molecule has 5 heteroatoms. The van der Waals surface area contributed by atoms with E-state index < -0.39 is 11.2 Å². The molecule has 1 unspecified atom stereocenters. The average Bonchev–Trinajstić information content (AvgIpc) is 2.47. The predicted octanol–water partition coefficient (Wildman–Crippen LogP) is 4.02. The first-order valence-corrected chi connectivity index (χ1v) is 8.20. The minimum Gasteiger partial charge on any atom is -0.480 e. The highest BCUT2D eigenvalue weighted by Gasteiger charge is 2.20. The summed E-state index contributed by atoms with van der Waals surface area (Å²) in [5.74, 6) is -0.843. The van der Waals surface area contributed by atoms with E-state index in [1.165, 1.54) is 11.8 Å². The first-order valence-electron chi connectivity index (χ1n) is 7.32. The van der Waals surface area contributed by atoms with E-state index in [0.717, 1.165) is 17.7 Å². The quantitative estimate of drug-likeness (QED) is 0.712. The van der Waals surface area contributed by atoms with Gasteiger partial charge in [-0.2, -0.15) is 0 Å². The fourth-order valence-electron chi connectivity index (χ4n) is 2.03. The van der Waals surface area contributed by atoms with Gasteiger partial charge in [0.25, 0.3) is 0 Å². The normalized spacial score (nSPS) is 12.2. The van der Waals surface area contributed by atoms with Crippen molar-refractivity contribution >= 4 is 29.3 Å².